The second kappa shape index (κ2) is 7.58. The average molecular weight is 341 g/mol. The molecule has 5 N–H and O–H groups in total. The van der Waals surface area contributed by atoms with Gasteiger partial charge in [0.15, 0.2) is 0 Å². The number of rotatable bonds is 5. The third-order valence-electron chi connectivity index (χ3n) is 3.60. The van der Waals surface area contributed by atoms with E-state index in [1.165, 1.54) is 31.2 Å². The van der Waals surface area contributed by atoms with E-state index in [-0.39, 0.29) is 11.3 Å². The molecule has 0 spiro atoms. The van der Waals surface area contributed by atoms with E-state index in [2.05, 4.69) is 5.32 Å². The molecule has 1 aromatic carbocycles. The van der Waals surface area contributed by atoms with E-state index in [1.807, 2.05) is 0 Å². The number of amides is 1. The number of carboxylic acid groups (broad SMARTS) is 1. The molecule has 4 unspecified atom stereocenters. The summed E-state index contributed by atoms with van der Waals surface area (Å²) in [6.07, 6.45) is -5.09. The van der Waals surface area contributed by atoms with Crippen molar-refractivity contribution in [3.05, 3.63) is 29.8 Å². The zero-order valence-electron chi connectivity index (χ0n) is 12.8. The largest absolute Gasteiger partial charge is 0.478 e. The molecular formula is C15H19NO8. The number of carbonyl (C=O) groups is 2. The highest BCUT2D eigenvalue weighted by Crippen LogP contribution is 2.24. The zero-order valence-corrected chi connectivity index (χ0v) is 12.8. The molecule has 1 amide bonds. The summed E-state index contributed by atoms with van der Waals surface area (Å²) in [6, 6.07) is 4.36. The van der Waals surface area contributed by atoms with Crippen LogP contribution < -0.4 is 10.1 Å². The van der Waals surface area contributed by atoms with Gasteiger partial charge in [0.05, 0.1) is 12.2 Å². The third kappa shape index (κ3) is 4.01. The lowest BCUT2D eigenvalue weighted by Gasteiger charge is -2.42. The van der Waals surface area contributed by atoms with Gasteiger partial charge in [-0.15, -0.1) is 0 Å². The lowest BCUT2D eigenvalue weighted by atomic mass is 9.97. The van der Waals surface area contributed by atoms with E-state index < -0.39 is 49.1 Å². The van der Waals surface area contributed by atoms with Crippen molar-refractivity contribution in [2.24, 2.45) is 0 Å². The standard InChI is InChI=1S/C15H19NO8/c1-7(18)16-11-13(20)12(19)10(6-17)24-15(11)23-9-4-2-8(3-5-9)14(21)22/h2-5,10-13,15,17,19-20H,6H2,1H3,(H,16,18)(H,21,22)/t10?,11-,12?,13?,15?/m0/s1. The van der Waals surface area contributed by atoms with Crippen molar-refractivity contribution in [1.29, 1.82) is 0 Å². The SMILES string of the molecule is CC(=O)N[C@@H]1C(Oc2ccc(C(=O)O)cc2)OC(CO)C(O)C1O. The minimum atomic E-state index is -1.41. The lowest BCUT2D eigenvalue weighted by molar-refractivity contribution is -0.244. The molecule has 1 fully saturated rings. The molecule has 1 aromatic rings. The number of nitrogens with one attached hydrogen (secondary N) is 1. The van der Waals surface area contributed by atoms with E-state index >= 15 is 0 Å². The fourth-order valence-corrected chi connectivity index (χ4v) is 2.38. The van der Waals surface area contributed by atoms with Crippen LogP contribution in [0.3, 0.4) is 0 Å². The molecule has 1 heterocycles. The van der Waals surface area contributed by atoms with Crippen molar-refractivity contribution in [2.75, 3.05) is 6.61 Å². The van der Waals surface area contributed by atoms with Crippen LogP contribution in [0.25, 0.3) is 0 Å². The molecule has 1 aliphatic rings. The molecule has 9 heteroatoms. The van der Waals surface area contributed by atoms with Gasteiger partial charge in [-0.05, 0) is 24.3 Å². The van der Waals surface area contributed by atoms with Gasteiger partial charge in [0.1, 0.15) is 30.1 Å². The molecule has 0 saturated carbocycles. The molecule has 132 valence electrons. The number of benzene rings is 1. The average Bonchev–Trinajstić information content (AvgIpc) is 2.54. The fraction of sp³-hybridized carbons (Fsp3) is 0.467. The number of hydrogen-bond donors (Lipinski definition) is 5. The molecule has 9 nitrogen and oxygen atoms in total. The number of hydrogen-bond acceptors (Lipinski definition) is 7. The van der Waals surface area contributed by atoms with Gasteiger partial charge in [0.25, 0.3) is 0 Å². The molecular weight excluding hydrogens is 322 g/mol. The minimum Gasteiger partial charge on any atom is -0.478 e. The lowest BCUT2D eigenvalue weighted by Crippen LogP contribution is -2.65. The Morgan fingerprint density at radius 3 is 2.33 bits per heavy atom. The van der Waals surface area contributed by atoms with Gasteiger partial charge in [-0.3, -0.25) is 4.79 Å². The van der Waals surface area contributed by atoms with Crippen molar-refractivity contribution in [1.82, 2.24) is 5.32 Å². The quantitative estimate of drug-likeness (QED) is 0.445. The van der Waals surface area contributed by atoms with Gasteiger partial charge < -0.3 is 35.2 Å². The van der Waals surface area contributed by atoms with E-state index in [1.54, 1.807) is 0 Å². The number of carbonyl (C=O) groups excluding carboxylic acids is 1. The van der Waals surface area contributed by atoms with Crippen LogP contribution in [-0.4, -0.2) is 69.6 Å². The van der Waals surface area contributed by atoms with E-state index in [4.69, 9.17) is 14.6 Å². The van der Waals surface area contributed by atoms with Gasteiger partial charge in [0, 0.05) is 6.92 Å². The maximum absolute atomic E-state index is 11.3. The first kappa shape index (κ1) is 18.1. The second-order valence-corrected chi connectivity index (χ2v) is 5.38. The fourth-order valence-electron chi connectivity index (χ4n) is 2.38. The molecule has 0 aliphatic carbocycles. The van der Waals surface area contributed by atoms with Crippen molar-refractivity contribution in [2.45, 2.75) is 37.6 Å². The van der Waals surface area contributed by atoms with Crippen LogP contribution in [0.1, 0.15) is 17.3 Å². The van der Waals surface area contributed by atoms with Crippen molar-refractivity contribution >= 4 is 11.9 Å². The Balaban J connectivity index is 2.19. The smallest absolute Gasteiger partial charge is 0.335 e. The van der Waals surface area contributed by atoms with E-state index in [0.717, 1.165) is 0 Å². The summed E-state index contributed by atoms with van der Waals surface area (Å²) < 4.78 is 10.9. The zero-order chi connectivity index (χ0) is 17.9. The first-order valence-corrected chi connectivity index (χ1v) is 7.23. The Kier molecular flexibility index (Phi) is 5.73. The first-order valence-electron chi connectivity index (χ1n) is 7.23. The third-order valence-corrected chi connectivity index (χ3v) is 3.60. The summed E-state index contributed by atoms with van der Waals surface area (Å²) in [4.78, 5) is 22.1. The maximum Gasteiger partial charge on any atom is 0.335 e. The first-order chi connectivity index (χ1) is 11.3. The van der Waals surface area contributed by atoms with Crippen LogP contribution in [0.5, 0.6) is 5.75 Å². The highest BCUT2D eigenvalue weighted by atomic mass is 16.7. The number of ether oxygens (including phenoxy) is 2. The van der Waals surface area contributed by atoms with Crippen molar-refractivity contribution < 1.29 is 39.5 Å². The number of aromatic carboxylic acids is 1. The van der Waals surface area contributed by atoms with Gasteiger partial charge in [-0.1, -0.05) is 0 Å². The van der Waals surface area contributed by atoms with E-state index in [9.17, 15) is 24.9 Å². The topological polar surface area (TPSA) is 146 Å². The number of aliphatic hydroxyl groups is 3. The van der Waals surface area contributed by atoms with Crippen molar-refractivity contribution in [3.8, 4) is 5.75 Å². The number of aliphatic hydroxyl groups excluding tert-OH is 3. The normalized spacial score (nSPS) is 29.8. The van der Waals surface area contributed by atoms with Gasteiger partial charge in [-0.25, -0.2) is 4.79 Å². The Hall–Kier alpha value is -2.20. The van der Waals surface area contributed by atoms with Crippen LogP contribution in [-0.2, 0) is 9.53 Å². The monoisotopic (exact) mass is 341 g/mol. The summed E-state index contributed by atoms with van der Waals surface area (Å²) in [5.74, 6) is -1.32. The van der Waals surface area contributed by atoms with Gasteiger partial charge in [-0.2, -0.15) is 0 Å². The van der Waals surface area contributed by atoms with Crippen LogP contribution in [0.4, 0.5) is 0 Å². The van der Waals surface area contributed by atoms with Crippen LogP contribution >= 0.6 is 0 Å². The second-order valence-electron chi connectivity index (χ2n) is 5.38. The molecule has 5 atom stereocenters. The summed E-state index contributed by atoms with van der Waals surface area (Å²) >= 11 is 0. The molecule has 0 radical (unpaired) electrons. The summed E-state index contributed by atoms with van der Waals surface area (Å²) in [5, 5.41) is 40.6. The van der Waals surface area contributed by atoms with Crippen LogP contribution in [0.15, 0.2) is 24.3 Å². The predicted molar refractivity (Wildman–Crippen MR) is 79.4 cm³/mol. The predicted octanol–water partition coefficient (Wildman–Crippen LogP) is -1.29. The number of carboxylic acids is 1. The Labute approximate surface area is 137 Å². The Bertz CT molecular complexity index is 590. The highest BCUT2D eigenvalue weighted by Gasteiger charge is 2.46. The maximum atomic E-state index is 11.3. The molecule has 24 heavy (non-hydrogen) atoms. The summed E-state index contributed by atoms with van der Waals surface area (Å²) in [5.41, 5.74) is 0.0639. The molecule has 2 rings (SSSR count). The summed E-state index contributed by atoms with van der Waals surface area (Å²) in [6.45, 7) is 0.679. The van der Waals surface area contributed by atoms with Crippen molar-refractivity contribution in [3.63, 3.8) is 0 Å². The van der Waals surface area contributed by atoms with Gasteiger partial charge in [0.2, 0.25) is 12.2 Å². The minimum absolute atomic E-state index is 0.0639. The van der Waals surface area contributed by atoms with Crippen LogP contribution in [0, 0.1) is 0 Å². The molecule has 1 saturated heterocycles. The van der Waals surface area contributed by atoms with E-state index in [0.29, 0.717) is 0 Å². The van der Waals surface area contributed by atoms with Gasteiger partial charge >= 0.3 is 5.97 Å². The molecule has 0 bridgehead atoms. The summed E-state index contributed by atoms with van der Waals surface area (Å²) in [7, 11) is 0. The Morgan fingerprint density at radius 1 is 1.21 bits per heavy atom. The Morgan fingerprint density at radius 2 is 1.83 bits per heavy atom. The highest BCUT2D eigenvalue weighted by molar-refractivity contribution is 5.87. The molecule has 0 aromatic heterocycles. The van der Waals surface area contributed by atoms with Crippen LogP contribution in [0.2, 0.25) is 0 Å². The molecule has 1 aliphatic heterocycles.